The molecule has 1 fully saturated rings. The summed E-state index contributed by atoms with van der Waals surface area (Å²) in [5.74, 6) is -0.0371. The highest BCUT2D eigenvalue weighted by Gasteiger charge is 2.25. The first kappa shape index (κ1) is 11.3. The number of rotatable bonds is 2. The quantitative estimate of drug-likeness (QED) is 0.904. The number of Topliss-reactive ketones (excluding diaryl/α,β-unsaturated/α-hetero) is 1. The van der Waals surface area contributed by atoms with E-state index in [0.29, 0.717) is 12.0 Å². The normalized spacial score (nSPS) is 19.8. The maximum atomic E-state index is 11.8. The second-order valence-electron chi connectivity index (χ2n) is 3.89. The van der Waals surface area contributed by atoms with Gasteiger partial charge in [0.25, 0.3) is 5.91 Å². The Bertz CT molecular complexity index is 431. The van der Waals surface area contributed by atoms with Crippen molar-refractivity contribution in [3.63, 3.8) is 0 Å². The predicted molar refractivity (Wildman–Crippen MR) is 64.3 cm³/mol. The van der Waals surface area contributed by atoms with Crippen molar-refractivity contribution < 1.29 is 9.59 Å². The molecule has 1 unspecified atom stereocenters. The summed E-state index contributed by atoms with van der Waals surface area (Å²) in [7, 11) is 0. The van der Waals surface area contributed by atoms with Crippen molar-refractivity contribution in [2.75, 3.05) is 0 Å². The van der Waals surface area contributed by atoms with Gasteiger partial charge in [0.15, 0.2) is 5.78 Å². The Hall–Kier alpha value is -1.16. The van der Waals surface area contributed by atoms with Gasteiger partial charge in [-0.1, -0.05) is 22.0 Å². The topological polar surface area (TPSA) is 46.2 Å². The van der Waals surface area contributed by atoms with Crippen LogP contribution in [0.1, 0.15) is 29.6 Å². The minimum Gasteiger partial charge on any atom is -0.342 e. The van der Waals surface area contributed by atoms with Crippen LogP contribution in [0, 0.1) is 0 Å². The molecular weight excluding hydrogens is 270 g/mol. The lowest BCUT2D eigenvalue weighted by Gasteiger charge is -2.10. The van der Waals surface area contributed by atoms with Crippen LogP contribution in [-0.4, -0.2) is 17.7 Å². The molecule has 0 aliphatic heterocycles. The van der Waals surface area contributed by atoms with Gasteiger partial charge in [0.2, 0.25) is 0 Å². The molecule has 1 aliphatic rings. The van der Waals surface area contributed by atoms with E-state index < -0.39 is 0 Å². The molecule has 1 atom stereocenters. The minimum absolute atomic E-state index is 0.142. The van der Waals surface area contributed by atoms with Crippen LogP contribution in [0.15, 0.2) is 28.7 Å². The fourth-order valence-corrected chi connectivity index (χ4v) is 2.24. The molecular formula is C12H12BrNO2. The van der Waals surface area contributed by atoms with Gasteiger partial charge in [0.05, 0.1) is 6.04 Å². The predicted octanol–water partition coefficient (Wildman–Crippen LogP) is 2.30. The zero-order valence-corrected chi connectivity index (χ0v) is 10.3. The van der Waals surface area contributed by atoms with Gasteiger partial charge in [-0.05, 0) is 31.0 Å². The van der Waals surface area contributed by atoms with Crippen molar-refractivity contribution in [1.29, 1.82) is 0 Å². The van der Waals surface area contributed by atoms with Crippen LogP contribution in [0.5, 0.6) is 0 Å². The lowest BCUT2D eigenvalue weighted by atomic mass is 10.2. The molecule has 0 spiro atoms. The number of carbonyl (C=O) groups excluding carboxylic acids is 2. The molecule has 0 saturated heterocycles. The van der Waals surface area contributed by atoms with E-state index in [-0.39, 0.29) is 17.7 Å². The molecule has 0 heterocycles. The molecule has 0 aromatic heterocycles. The summed E-state index contributed by atoms with van der Waals surface area (Å²) in [6, 6.07) is 6.85. The van der Waals surface area contributed by atoms with E-state index in [1.165, 1.54) is 0 Å². The summed E-state index contributed by atoms with van der Waals surface area (Å²) < 4.78 is 0.859. The average Bonchev–Trinajstić information content (AvgIpc) is 2.64. The van der Waals surface area contributed by atoms with Crippen LogP contribution < -0.4 is 5.32 Å². The van der Waals surface area contributed by atoms with Crippen molar-refractivity contribution in [2.45, 2.75) is 25.3 Å². The van der Waals surface area contributed by atoms with Crippen molar-refractivity contribution in [3.8, 4) is 0 Å². The Morgan fingerprint density at radius 3 is 2.88 bits per heavy atom. The number of hydrogen-bond donors (Lipinski definition) is 1. The molecule has 16 heavy (non-hydrogen) atoms. The van der Waals surface area contributed by atoms with Gasteiger partial charge in [0.1, 0.15) is 0 Å². The van der Waals surface area contributed by atoms with Gasteiger partial charge in [-0.15, -0.1) is 0 Å². The maximum absolute atomic E-state index is 11.8. The van der Waals surface area contributed by atoms with Crippen molar-refractivity contribution in [1.82, 2.24) is 5.32 Å². The molecule has 2 rings (SSSR count). The van der Waals surface area contributed by atoms with E-state index in [1.54, 1.807) is 18.2 Å². The largest absolute Gasteiger partial charge is 0.342 e. The molecule has 1 N–H and O–H groups in total. The molecule has 1 aromatic carbocycles. The summed E-state index contributed by atoms with van der Waals surface area (Å²) in [5, 5.41) is 2.76. The standard InChI is InChI=1S/C12H12BrNO2/c13-9-4-1-3-8(7-9)12(16)14-10-5-2-6-11(10)15/h1,3-4,7,10H,2,5-6H2,(H,14,16). The Morgan fingerprint density at radius 2 is 2.25 bits per heavy atom. The number of halogens is 1. The maximum Gasteiger partial charge on any atom is 0.251 e. The summed E-state index contributed by atoms with van der Waals surface area (Å²) in [4.78, 5) is 23.2. The van der Waals surface area contributed by atoms with Crippen molar-refractivity contribution >= 4 is 27.6 Å². The van der Waals surface area contributed by atoms with Gasteiger partial charge in [-0.2, -0.15) is 0 Å². The Labute approximate surface area is 102 Å². The van der Waals surface area contributed by atoms with Gasteiger partial charge in [-0.25, -0.2) is 0 Å². The summed E-state index contributed by atoms with van der Waals surface area (Å²) in [6.45, 7) is 0. The molecule has 1 amide bonds. The second kappa shape index (κ2) is 4.78. The SMILES string of the molecule is O=C(NC1CCCC1=O)c1cccc(Br)c1. The monoisotopic (exact) mass is 281 g/mol. The molecule has 0 radical (unpaired) electrons. The van der Waals surface area contributed by atoms with Crippen LogP contribution in [0.25, 0.3) is 0 Å². The molecule has 3 nitrogen and oxygen atoms in total. The van der Waals surface area contributed by atoms with Crippen molar-refractivity contribution in [2.24, 2.45) is 0 Å². The fourth-order valence-electron chi connectivity index (χ4n) is 1.84. The first-order chi connectivity index (χ1) is 7.66. The lowest BCUT2D eigenvalue weighted by molar-refractivity contribution is -0.118. The third-order valence-corrected chi connectivity index (χ3v) is 3.19. The van der Waals surface area contributed by atoms with Crippen LogP contribution in [0.2, 0.25) is 0 Å². The van der Waals surface area contributed by atoms with Crippen LogP contribution in [0.3, 0.4) is 0 Å². The molecule has 1 aromatic rings. The number of carbonyl (C=O) groups is 2. The summed E-state index contributed by atoms with van der Waals surface area (Å²) in [6.07, 6.45) is 2.23. The average molecular weight is 282 g/mol. The zero-order chi connectivity index (χ0) is 11.5. The lowest BCUT2D eigenvalue weighted by Crippen LogP contribution is -2.37. The first-order valence-electron chi connectivity index (χ1n) is 5.26. The van der Waals surface area contributed by atoms with Gasteiger partial charge >= 0.3 is 0 Å². The number of nitrogens with one attached hydrogen (secondary N) is 1. The van der Waals surface area contributed by atoms with Crippen LogP contribution in [0.4, 0.5) is 0 Å². The van der Waals surface area contributed by atoms with E-state index in [0.717, 1.165) is 17.3 Å². The zero-order valence-electron chi connectivity index (χ0n) is 8.70. The van der Waals surface area contributed by atoms with Gasteiger partial charge < -0.3 is 5.32 Å². The number of ketones is 1. The number of amides is 1. The van der Waals surface area contributed by atoms with Gasteiger partial charge in [-0.3, -0.25) is 9.59 Å². The molecule has 4 heteroatoms. The smallest absolute Gasteiger partial charge is 0.251 e. The third-order valence-electron chi connectivity index (χ3n) is 2.70. The molecule has 84 valence electrons. The highest BCUT2D eigenvalue weighted by molar-refractivity contribution is 9.10. The minimum atomic E-state index is -0.286. The van der Waals surface area contributed by atoms with E-state index in [4.69, 9.17) is 0 Å². The number of benzene rings is 1. The van der Waals surface area contributed by atoms with Crippen molar-refractivity contribution in [3.05, 3.63) is 34.3 Å². The summed E-state index contributed by atoms with van der Waals surface area (Å²) >= 11 is 3.31. The van der Waals surface area contributed by atoms with Crippen LogP contribution >= 0.6 is 15.9 Å². The third kappa shape index (κ3) is 2.50. The van der Waals surface area contributed by atoms with Gasteiger partial charge in [0, 0.05) is 16.5 Å². The first-order valence-corrected chi connectivity index (χ1v) is 6.05. The molecule has 1 saturated carbocycles. The number of hydrogen-bond acceptors (Lipinski definition) is 2. The van der Waals surface area contributed by atoms with E-state index in [2.05, 4.69) is 21.2 Å². The highest BCUT2D eigenvalue weighted by Crippen LogP contribution is 2.16. The molecule has 1 aliphatic carbocycles. The molecule has 0 bridgehead atoms. The Kier molecular flexibility index (Phi) is 3.39. The fraction of sp³-hybridized carbons (Fsp3) is 0.333. The van der Waals surface area contributed by atoms with E-state index >= 15 is 0 Å². The van der Waals surface area contributed by atoms with E-state index in [9.17, 15) is 9.59 Å². The highest BCUT2D eigenvalue weighted by atomic mass is 79.9. The Morgan fingerprint density at radius 1 is 1.44 bits per heavy atom. The summed E-state index contributed by atoms with van der Waals surface area (Å²) in [5.41, 5.74) is 0.578. The van der Waals surface area contributed by atoms with Crippen LogP contribution in [-0.2, 0) is 4.79 Å². The Balaban J connectivity index is 2.05. The van der Waals surface area contributed by atoms with E-state index in [1.807, 2.05) is 6.07 Å². The second-order valence-corrected chi connectivity index (χ2v) is 4.81.